The van der Waals surface area contributed by atoms with Gasteiger partial charge in [0.1, 0.15) is 11.4 Å². The molecule has 0 saturated carbocycles. The zero-order chi connectivity index (χ0) is 20.0. The van der Waals surface area contributed by atoms with Crippen molar-refractivity contribution in [3.8, 4) is 0 Å². The molecule has 1 fully saturated rings. The third-order valence-corrected chi connectivity index (χ3v) is 4.56. The molecule has 1 saturated heterocycles. The molecule has 8 nitrogen and oxygen atoms in total. The SMILES string of the molecule is Cc1noc(C)c1CCC(=O)NCCN1CCN(C(=O)OC(C)(C)C)CC1. The number of piperazine rings is 1. The summed E-state index contributed by atoms with van der Waals surface area (Å²) in [6.07, 6.45) is 0.812. The molecule has 0 bridgehead atoms. The highest BCUT2D eigenvalue weighted by Gasteiger charge is 2.25. The van der Waals surface area contributed by atoms with Crippen LogP contribution in [0.3, 0.4) is 0 Å². The van der Waals surface area contributed by atoms with Crippen molar-refractivity contribution in [2.75, 3.05) is 39.3 Å². The Kier molecular flexibility index (Phi) is 7.24. The van der Waals surface area contributed by atoms with Gasteiger partial charge in [0.25, 0.3) is 0 Å². The Balaban J connectivity index is 1.61. The van der Waals surface area contributed by atoms with Crippen molar-refractivity contribution in [1.29, 1.82) is 0 Å². The van der Waals surface area contributed by atoms with Crippen LogP contribution < -0.4 is 5.32 Å². The van der Waals surface area contributed by atoms with Gasteiger partial charge in [0.15, 0.2) is 0 Å². The Bertz CT molecular complexity index is 623. The summed E-state index contributed by atoms with van der Waals surface area (Å²) in [6, 6.07) is 0. The molecule has 0 spiro atoms. The van der Waals surface area contributed by atoms with E-state index in [1.165, 1.54) is 0 Å². The van der Waals surface area contributed by atoms with Gasteiger partial charge in [-0.2, -0.15) is 0 Å². The summed E-state index contributed by atoms with van der Waals surface area (Å²) in [5, 5.41) is 6.86. The molecule has 1 N–H and O–H groups in total. The lowest BCUT2D eigenvalue weighted by Gasteiger charge is -2.35. The number of rotatable bonds is 6. The number of ether oxygens (including phenoxy) is 1. The topological polar surface area (TPSA) is 87.9 Å². The molecule has 1 aromatic heterocycles. The highest BCUT2D eigenvalue weighted by atomic mass is 16.6. The van der Waals surface area contributed by atoms with E-state index in [1.54, 1.807) is 4.90 Å². The van der Waals surface area contributed by atoms with E-state index in [9.17, 15) is 9.59 Å². The number of aromatic nitrogens is 1. The first-order valence-corrected chi connectivity index (χ1v) is 9.54. The Morgan fingerprint density at radius 3 is 2.41 bits per heavy atom. The van der Waals surface area contributed by atoms with Gasteiger partial charge in [0, 0.05) is 51.3 Å². The van der Waals surface area contributed by atoms with E-state index in [4.69, 9.17) is 9.26 Å². The lowest BCUT2D eigenvalue weighted by atomic mass is 10.1. The smallest absolute Gasteiger partial charge is 0.410 e. The number of nitrogens with zero attached hydrogens (tertiary/aromatic N) is 3. The molecule has 2 heterocycles. The second-order valence-corrected chi connectivity index (χ2v) is 7.96. The molecule has 0 aromatic carbocycles. The molecule has 0 radical (unpaired) electrons. The summed E-state index contributed by atoms with van der Waals surface area (Å²) < 4.78 is 10.5. The lowest BCUT2D eigenvalue weighted by molar-refractivity contribution is -0.121. The molecular formula is C19H32N4O4. The summed E-state index contributed by atoms with van der Waals surface area (Å²) in [5.74, 6) is 0.811. The minimum absolute atomic E-state index is 0.0300. The summed E-state index contributed by atoms with van der Waals surface area (Å²) >= 11 is 0. The normalized spacial score (nSPS) is 15.7. The third kappa shape index (κ3) is 6.86. The number of amides is 2. The summed E-state index contributed by atoms with van der Waals surface area (Å²) in [6.45, 7) is 13.6. The maximum absolute atomic E-state index is 12.1. The number of carbonyl (C=O) groups excluding carboxylic acids is 2. The van der Waals surface area contributed by atoms with Gasteiger partial charge >= 0.3 is 6.09 Å². The van der Waals surface area contributed by atoms with Gasteiger partial charge in [0.2, 0.25) is 5.91 Å². The Hall–Kier alpha value is -2.09. The standard InChI is InChI=1S/C19H32N4O4/c1-14-16(15(2)27-21-14)6-7-17(24)20-8-9-22-10-12-23(13-11-22)18(25)26-19(3,4)5/h6-13H2,1-5H3,(H,20,24). The first kappa shape index (κ1) is 21.2. The molecule has 152 valence electrons. The van der Waals surface area contributed by atoms with Gasteiger partial charge in [-0.1, -0.05) is 5.16 Å². The molecule has 8 heteroatoms. The number of carbonyl (C=O) groups is 2. The monoisotopic (exact) mass is 380 g/mol. The fourth-order valence-electron chi connectivity index (χ4n) is 3.02. The van der Waals surface area contributed by atoms with E-state index in [0.29, 0.717) is 32.5 Å². The largest absolute Gasteiger partial charge is 0.444 e. The number of hydrogen-bond acceptors (Lipinski definition) is 6. The zero-order valence-corrected chi connectivity index (χ0v) is 17.1. The van der Waals surface area contributed by atoms with E-state index in [2.05, 4.69) is 15.4 Å². The predicted octanol–water partition coefficient (Wildman–Crippen LogP) is 1.89. The maximum atomic E-state index is 12.1. The molecule has 1 aliphatic rings. The van der Waals surface area contributed by atoms with E-state index in [-0.39, 0.29) is 12.0 Å². The van der Waals surface area contributed by atoms with Crippen molar-refractivity contribution < 1.29 is 18.8 Å². The number of hydrogen-bond donors (Lipinski definition) is 1. The van der Waals surface area contributed by atoms with Crippen molar-refractivity contribution in [1.82, 2.24) is 20.3 Å². The van der Waals surface area contributed by atoms with E-state index in [1.807, 2.05) is 34.6 Å². The lowest BCUT2D eigenvalue weighted by Crippen LogP contribution is -2.51. The van der Waals surface area contributed by atoms with Gasteiger partial charge in [0.05, 0.1) is 5.69 Å². The molecule has 0 unspecified atom stereocenters. The average Bonchev–Trinajstić information content (AvgIpc) is 2.90. The molecular weight excluding hydrogens is 348 g/mol. The van der Waals surface area contributed by atoms with Crippen LogP contribution in [-0.4, -0.2) is 71.8 Å². The fourth-order valence-corrected chi connectivity index (χ4v) is 3.02. The zero-order valence-electron chi connectivity index (χ0n) is 17.1. The Morgan fingerprint density at radius 1 is 1.19 bits per heavy atom. The Labute approximate surface area is 161 Å². The highest BCUT2D eigenvalue weighted by molar-refractivity contribution is 5.76. The van der Waals surface area contributed by atoms with Gasteiger partial charge in [-0.25, -0.2) is 4.79 Å². The average molecular weight is 380 g/mol. The van der Waals surface area contributed by atoms with Crippen LogP contribution in [0.2, 0.25) is 0 Å². The summed E-state index contributed by atoms with van der Waals surface area (Å²) in [7, 11) is 0. The minimum Gasteiger partial charge on any atom is -0.444 e. The van der Waals surface area contributed by atoms with Crippen LogP contribution in [0.25, 0.3) is 0 Å². The third-order valence-electron chi connectivity index (χ3n) is 4.56. The Morgan fingerprint density at radius 2 is 1.85 bits per heavy atom. The van der Waals surface area contributed by atoms with Gasteiger partial charge < -0.3 is 19.5 Å². The van der Waals surface area contributed by atoms with Crippen molar-refractivity contribution >= 4 is 12.0 Å². The summed E-state index contributed by atoms with van der Waals surface area (Å²) in [5.41, 5.74) is 1.40. The molecule has 1 aliphatic heterocycles. The first-order valence-electron chi connectivity index (χ1n) is 9.54. The molecule has 27 heavy (non-hydrogen) atoms. The minimum atomic E-state index is -0.470. The predicted molar refractivity (Wildman–Crippen MR) is 102 cm³/mol. The number of nitrogens with one attached hydrogen (secondary N) is 1. The van der Waals surface area contributed by atoms with Crippen LogP contribution in [0.1, 0.15) is 44.2 Å². The first-order chi connectivity index (χ1) is 12.7. The summed E-state index contributed by atoms with van der Waals surface area (Å²) in [4.78, 5) is 28.1. The van der Waals surface area contributed by atoms with Crippen LogP contribution in [0.5, 0.6) is 0 Å². The van der Waals surface area contributed by atoms with Crippen LogP contribution in [0, 0.1) is 13.8 Å². The molecule has 2 rings (SSSR count). The van der Waals surface area contributed by atoms with E-state index >= 15 is 0 Å². The second-order valence-electron chi connectivity index (χ2n) is 7.96. The quantitative estimate of drug-likeness (QED) is 0.811. The van der Waals surface area contributed by atoms with E-state index < -0.39 is 5.60 Å². The highest BCUT2D eigenvalue weighted by Crippen LogP contribution is 2.14. The van der Waals surface area contributed by atoms with Crippen molar-refractivity contribution in [2.45, 2.75) is 53.1 Å². The molecule has 0 aliphatic carbocycles. The number of aryl methyl sites for hydroxylation is 2. The van der Waals surface area contributed by atoms with Crippen LogP contribution in [-0.2, 0) is 16.0 Å². The molecule has 1 aromatic rings. The van der Waals surface area contributed by atoms with E-state index in [0.717, 1.165) is 36.7 Å². The van der Waals surface area contributed by atoms with Crippen molar-refractivity contribution in [3.05, 3.63) is 17.0 Å². The molecule has 2 amide bonds. The van der Waals surface area contributed by atoms with Crippen LogP contribution in [0.4, 0.5) is 4.79 Å². The van der Waals surface area contributed by atoms with Gasteiger partial charge in [-0.05, 0) is 41.0 Å². The van der Waals surface area contributed by atoms with Crippen molar-refractivity contribution in [3.63, 3.8) is 0 Å². The van der Waals surface area contributed by atoms with Crippen LogP contribution >= 0.6 is 0 Å². The maximum Gasteiger partial charge on any atom is 0.410 e. The fraction of sp³-hybridized carbons (Fsp3) is 0.737. The molecule has 0 atom stereocenters. The van der Waals surface area contributed by atoms with Crippen LogP contribution in [0.15, 0.2) is 4.52 Å². The second kappa shape index (κ2) is 9.21. The van der Waals surface area contributed by atoms with Crippen molar-refractivity contribution in [2.24, 2.45) is 0 Å². The van der Waals surface area contributed by atoms with Gasteiger partial charge in [-0.15, -0.1) is 0 Å². The van der Waals surface area contributed by atoms with Gasteiger partial charge in [-0.3, -0.25) is 9.69 Å².